The Morgan fingerprint density at radius 3 is 2.28 bits per heavy atom. The number of para-hydroxylation sites is 2. The second-order valence-corrected chi connectivity index (χ2v) is 7.50. The third-order valence-corrected chi connectivity index (χ3v) is 5.40. The van der Waals surface area contributed by atoms with Crippen molar-refractivity contribution in [3.63, 3.8) is 0 Å². The number of benzene rings is 2. The fraction of sp³-hybridized carbons (Fsp3) is 0.348. The molecule has 0 saturated carbocycles. The minimum absolute atomic E-state index is 0.0345. The zero-order chi connectivity index (χ0) is 20.4. The van der Waals surface area contributed by atoms with Crippen molar-refractivity contribution in [1.29, 1.82) is 0 Å². The van der Waals surface area contributed by atoms with Crippen LogP contribution in [0.1, 0.15) is 52.7 Å². The summed E-state index contributed by atoms with van der Waals surface area (Å²) in [5.74, 6) is 0.243. The van der Waals surface area contributed by atoms with Gasteiger partial charge >= 0.3 is 0 Å². The van der Waals surface area contributed by atoms with Crippen LogP contribution >= 0.6 is 0 Å². The molecule has 4 rings (SSSR count). The number of amides is 2. The van der Waals surface area contributed by atoms with Crippen LogP contribution in [0.25, 0.3) is 11.0 Å². The molecule has 2 amide bonds. The number of nitrogens with zero attached hydrogens (tertiary/aromatic N) is 3. The van der Waals surface area contributed by atoms with Gasteiger partial charge in [0.25, 0.3) is 11.8 Å². The summed E-state index contributed by atoms with van der Waals surface area (Å²) >= 11 is 0. The molecule has 0 aliphatic carbocycles. The van der Waals surface area contributed by atoms with Gasteiger partial charge in [-0.2, -0.15) is 0 Å². The Balaban J connectivity index is 1.53. The van der Waals surface area contributed by atoms with Gasteiger partial charge in [0.15, 0.2) is 0 Å². The Bertz CT molecular complexity index is 1020. The van der Waals surface area contributed by atoms with Gasteiger partial charge in [-0.15, -0.1) is 0 Å². The molecule has 1 aliphatic heterocycles. The lowest BCUT2D eigenvalue weighted by molar-refractivity contribution is 0.0521. The summed E-state index contributed by atoms with van der Waals surface area (Å²) in [7, 11) is 0. The number of carbonyl (C=O) groups excluding carboxylic acids is 2. The summed E-state index contributed by atoms with van der Waals surface area (Å²) in [4.78, 5) is 31.0. The van der Waals surface area contributed by atoms with Gasteiger partial charge in [0.2, 0.25) is 0 Å². The molecule has 0 fully saturated rings. The first-order valence-corrected chi connectivity index (χ1v) is 10.2. The number of imide groups is 1. The van der Waals surface area contributed by atoms with Crippen LogP contribution in [0.5, 0.6) is 0 Å². The number of hydrogen-bond acceptors (Lipinski definition) is 4. The largest absolute Gasteiger partial charge is 0.389 e. The zero-order valence-corrected chi connectivity index (χ0v) is 16.5. The quantitative estimate of drug-likeness (QED) is 0.472. The number of carbonyl (C=O) groups is 2. The molecule has 6 nitrogen and oxygen atoms in total. The van der Waals surface area contributed by atoms with E-state index >= 15 is 0 Å². The first-order valence-electron chi connectivity index (χ1n) is 10.2. The van der Waals surface area contributed by atoms with E-state index < -0.39 is 6.10 Å². The molecule has 3 aromatic rings. The van der Waals surface area contributed by atoms with Crippen LogP contribution in [0.2, 0.25) is 0 Å². The van der Waals surface area contributed by atoms with Crippen molar-refractivity contribution in [2.45, 2.75) is 45.3 Å². The molecule has 2 heterocycles. The van der Waals surface area contributed by atoms with Gasteiger partial charge in [0.1, 0.15) is 5.82 Å². The molecule has 0 bridgehead atoms. The fourth-order valence-electron chi connectivity index (χ4n) is 3.94. The van der Waals surface area contributed by atoms with Crippen molar-refractivity contribution in [1.82, 2.24) is 14.5 Å². The van der Waals surface area contributed by atoms with Crippen molar-refractivity contribution in [3.05, 3.63) is 65.5 Å². The molecule has 0 spiro atoms. The molecule has 1 aromatic heterocycles. The van der Waals surface area contributed by atoms with Crippen LogP contribution in [0.15, 0.2) is 48.5 Å². The first-order chi connectivity index (χ1) is 14.1. The maximum Gasteiger partial charge on any atom is 0.261 e. The number of aryl methyl sites for hydroxylation is 1. The van der Waals surface area contributed by atoms with Crippen LogP contribution in [0.4, 0.5) is 0 Å². The van der Waals surface area contributed by atoms with Crippen molar-refractivity contribution in [3.8, 4) is 0 Å². The molecule has 2 aromatic carbocycles. The molecule has 29 heavy (non-hydrogen) atoms. The van der Waals surface area contributed by atoms with E-state index in [1.54, 1.807) is 24.3 Å². The second kappa shape index (κ2) is 8.17. The summed E-state index contributed by atoms with van der Waals surface area (Å²) < 4.78 is 2.02. The predicted octanol–water partition coefficient (Wildman–Crippen LogP) is 3.43. The number of fused-ring (bicyclic) bond motifs is 2. The molecule has 0 saturated heterocycles. The number of aliphatic hydroxyl groups excluding tert-OH is 1. The summed E-state index contributed by atoms with van der Waals surface area (Å²) in [5, 5.41) is 10.8. The second-order valence-electron chi connectivity index (χ2n) is 7.50. The van der Waals surface area contributed by atoms with E-state index in [4.69, 9.17) is 4.98 Å². The lowest BCUT2D eigenvalue weighted by Crippen LogP contribution is -2.38. The van der Waals surface area contributed by atoms with Crippen molar-refractivity contribution in [2.75, 3.05) is 6.54 Å². The van der Waals surface area contributed by atoms with Crippen molar-refractivity contribution in [2.24, 2.45) is 0 Å². The van der Waals surface area contributed by atoms with E-state index in [0.29, 0.717) is 11.1 Å². The molecule has 1 N–H and O–H groups in total. The standard InChI is InChI=1S/C23H25N3O3/c1-2-3-4-13-21-24-19-11-7-8-12-20(19)25(21)14-16(27)15-26-22(28)17-9-5-6-10-18(17)23(26)29/h5-12,16,27H,2-4,13-15H2,1H3/t16-/m0/s1. The zero-order valence-electron chi connectivity index (χ0n) is 16.5. The summed E-state index contributed by atoms with van der Waals surface area (Å²) in [5.41, 5.74) is 2.66. The molecule has 150 valence electrons. The highest BCUT2D eigenvalue weighted by molar-refractivity contribution is 6.21. The topological polar surface area (TPSA) is 75.4 Å². The van der Waals surface area contributed by atoms with Gasteiger partial charge in [-0.1, -0.05) is 44.0 Å². The smallest absolute Gasteiger partial charge is 0.261 e. The molecule has 1 atom stereocenters. The van der Waals surface area contributed by atoms with Gasteiger partial charge in [-0.05, 0) is 30.7 Å². The van der Waals surface area contributed by atoms with Crippen LogP contribution < -0.4 is 0 Å². The maximum absolute atomic E-state index is 12.6. The molecule has 0 unspecified atom stereocenters. The Labute approximate surface area is 169 Å². The van der Waals surface area contributed by atoms with E-state index in [0.717, 1.165) is 47.4 Å². The predicted molar refractivity (Wildman–Crippen MR) is 111 cm³/mol. The Morgan fingerprint density at radius 2 is 1.59 bits per heavy atom. The minimum atomic E-state index is -0.875. The van der Waals surface area contributed by atoms with Gasteiger partial charge < -0.3 is 9.67 Å². The van der Waals surface area contributed by atoms with E-state index in [1.165, 1.54) is 0 Å². The molecule has 1 aliphatic rings. The molecule has 6 heteroatoms. The van der Waals surface area contributed by atoms with E-state index in [-0.39, 0.29) is 24.9 Å². The minimum Gasteiger partial charge on any atom is -0.389 e. The average molecular weight is 391 g/mol. The average Bonchev–Trinajstić information content (AvgIpc) is 3.19. The number of rotatable bonds is 8. The normalized spacial score (nSPS) is 14.6. The van der Waals surface area contributed by atoms with E-state index in [2.05, 4.69) is 6.92 Å². The SMILES string of the molecule is CCCCCc1nc2ccccc2n1C[C@H](O)CN1C(=O)c2ccccc2C1=O. The maximum atomic E-state index is 12.6. The monoisotopic (exact) mass is 391 g/mol. The van der Waals surface area contributed by atoms with E-state index in [9.17, 15) is 14.7 Å². The molecular formula is C23H25N3O3. The van der Waals surface area contributed by atoms with Crippen LogP contribution in [-0.4, -0.2) is 44.0 Å². The number of unbranched alkanes of at least 4 members (excludes halogenated alkanes) is 2. The lowest BCUT2D eigenvalue weighted by atomic mass is 10.1. The Morgan fingerprint density at radius 1 is 0.931 bits per heavy atom. The number of imidazole rings is 1. The number of β-amino-alcohol motifs (C(OH)–C–C–N with tert-alkyl or cyclic N) is 1. The van der Waals surface area contributed by atoms with Gasteiger partial charge in [-0.3, -0.25) is 14.5 Å². The Hall–Kier alpha value is -2.99. The van der Waals surface area contributed by atoms with Crippen LogP contribution in [0.3, 0.4) is 0 Å². The van der Waals surface area contributed by atoms with Gasteiger partial charge in [0, 0.05) is 6.42 Å². The summed E-state index contributed by atoms with van der Waals surface area (Å²) in [6, 6.07) is 14.6. The first kappa shape index (κ1) is 19.3. The lowest BCUT2D eigenvalue weighted by Gasteiger charge is -2.20. The van der Waals surface area contributed by atoms with Crippen molar-refractivity contribution >= 4 is 22.8 Å². The molecular weight excluding hydrogens is 366 g/mol. The summed E-state index contributed by atoms with van der Waals surface area (Å²) in [6.45, 7) is 2.41. The number of aliphatic hydroxyl groups is 1. The van der Waals surface area contributed by atoms with E-state index in [1.807, 2.05) is 28.8 Å². The Kier molecular flexibility index (Phi) is 5.45. The highest BCUT2D eigenvalue weighted by Crippen LogP contribution is 2.23. The third kappa shape index (κ3) is 3.68. The number of aromatic nitrogens is 2. The van der Waals surface area contributed by atoms with Gasteiger partial charge in [0.05, 0.1) is 41.4 Å². The fourth-order valence-corrected chi connectivity index (χ4v) is 3.94. The van der Waals surface area contributed by atoms with Gasteiger partial charge in [-0.25, -0.2) is 4.98 Å². The highest BCUT2D eigenvalue weighted by Gasteiger charge is 2.36. The molecule has 0 radical (unpaired) electrons. The summed E-state index contributed by atoms with van der Waals surface area (Å²) in [6.07, 6.45) is 3.25. The number of hydrogen-bond donors (Lipinski definition) is 1. The van der Waals surface area contributed by atoms with Crippen LogP contribution in [0, 0.1) is 0 Å². The third-order valence-electron chi connectivity index (χ3n) is 5.40. The van der Waals surface area contributed by atoms with Crippen LogP contribution in [-0.2, 0) is 13.0 Å². The van der Waals surface area contributed by atoms with Crippen molar-refractivity contribution < 1.29 is 14.7 Å². The highest BCUT2D eigenvalue weighted by atomic mass is 16.3.